The Balaban J connectivity index is 2.11. The van der Waals surface area contributed by atoms with Crippen LogP contribution in [-0.4, -0.2) is 36.0 Å². The minimum Gasteiger partial charge on any atom is -0.469 e. The van der Waals surface area contributed by atoms with E-state index in [2.05, 4.69) is 4.90 Å². The van der Waals surface area contributed by atoms with E-state index >= 15 is 0 Å². The second-order valence-corrected chi connectivity index (χ2v) is 5.44. The number of nitro benzene ring substituents is 1. The average molecular weight is 293 g/mol. The van der Waals surface area contributed by atoms with E-state index in [1.165, 1.54) is 19.2 Å². The number of nitrogen functional groups attached to an aromatic ring is 1. The Bertz CT molecular complexity index is 561. The van der Waals surface area contributed by atoms with Gasteiger partial charge in [-0.15, -0.1) is 0 Å². The molecule has 1 aromatic carbocycles. The van der Waals surface area contributed by atoms with Crippen molar-refractivity contribution in [2.75, 3.05) is 25.9 Å². The summed E-state index contributed by atoms with van der Waals surface area (Å²) in [5.41, 5.74) is 7.14. The number of esters is 1. The molecule has 0 aromatic heterocycles. The molecule has 114 valence electrons. The zero-order valence-electron chi connectivity index (χ0n) is 12.1. The summed E-state index contributed by atoms with van der Waals surface area (Å²) in [7, 11) is 1.39. The second-order valence-electron chi connectivity index (χ2n) is 5.44. The summed E-state index contributed by atoms with van der Waals surface area (Å²) < 4.78 is 4.80. The monoisotopic (exact) mass is 293 g/mol. The van der Waals surface area contributed by atoms with Crippen molar-refractivity contribution in [3.05, 3.63) is 33.9 Å². The van der Waals surface area contributed by atoms with Crippen molar-refractivity contribution >= 4 is 17.3 Å². The van der Waals surface area contributed by atoms with Gasteiger partial charge in [0.1, 0.15) is 0 Å². The molecule has 0 bridgehead atoms. The van der Waals surface area contributed by atoms with E-state index in [1.54, 1.807) is 6.07 Å². The van der Waals surface area contributed by atoms with Crippen LogP contribution in [0.5, 0.6) is 0 Å². The summed E-state index contributed by atoms with van der Waals surface area (Å²) in [4.78, 5) is 24.1. The smallest absolute Gasteiger partial charge is 0.310 e. The maximum atomic E-state index is 11.7. The fourth-order valence-electron chi connectivity index (χ4n) is 2.74. The van der Waals surface area contributed by atoms with Crippen LogP contribution in [0.4, 0.5) is 11.4 Å². The van der Waals surface area contributed by atoms with E-state index in [0.29, 0.717) is 24.3 Å². The molecule has 0 saturated carbocycles. The van der Waals surface area contributed by atoms with Crippen molar-refractivity contribution in [1.29, 1.82) is 0 Å². The molecular weight excluding hydrogens is 274 g/mol. The summed E-state index contributed by atoms with van der Waals surface area (Å²) in [5, 5.41) is 10.8. The molecule has 2 N–H and O–H groups in total. The quantitative estimate of drug-likeness (QED) is 0.390. The van der Waals surface area contributed by atoms with Crippen LogP contribution in [0.25, 0.3) is 0 Å². The molecule has 7 heteroatoms. The lowest BCUT2D eigenvalue weighted by Gasteiger charge is -2.16. The molecule has 2 atom stereocenters. The van der Waals surface area contributed by atoms with Crippen LogP contribution < -0.4 is 5.73 Å². The standard InChI is InChI=1S/C14H19N3O4/c1-9-6-16(8-12(9)14(18)21-2)7-10-5-11(17(19)20)3-4-13(10)15/h3-5,9,12H,6-8,15H2,1-2H3. The molecule has 1 aromatic rings. The summed E-state index contributed by atoms with van der Waals surface area (Å²) in [6.45, 7) is 3.81. The minimum absolute atomic E-state index is 0.0240. The predicted octanol–water partition coefficient (Wildman–Crippen LogP) is 1.42. The van der Waals surface area contributed by atoms with Gasteiger partial charge >= 0.3 is 5.97 Å². The van der Waals surface area contributed by atoms with Crippen LogP contribution in [0.15, 0.2) is 18.2 Å². The number of anilines is 1. The van der Waals surface area contributed by atoms with Crippen molar-refractivity contribution in [3.63, 3.8) is 0 Å². The lowest BCUT2D eigenvalue weighted by molar-refractivity contribution is -0.384. The van der Waals surface area contributed by atoms with Crippen LogP contribution in [-0.2, 0) is 16.1 Å². The van der Waals surface area contributed by atoms with Crippen LogP contribution >= 0.6 is 0 Å². The number of benzene rings is 1. The molecule has 0 radical (unpaired) electrons. The molecule has 0 aliphatic carbocycles. The van der Waals surface area contributed by atoms with Crippen molar-refractivity contribution in [1.82, 2.24) is 4.90 Å². The SMILES string of the molecule is COC(=O)C1CN(Cc2cc([N+](=O)[O-])ccc2N)CC1C. The van der Waals surface area contributed by atoms with E-state index in [9.17, 15) is 14.9 Å². The number of carbonyl (C=O) groups excluding carboxylic acids is 1. The molecule has 1 heterocycles. The highest BCUT2D eigenvalue weighted by Gasteiger charge is 2.35. The molecular formula is C14H19N3O4. The summed E-state index contributed by atoms with van der Waals surface area (Å²) in [6, 6.07) is 4.43. The van der Waals surface area contributed by atoms with Crippen LogP contribution in [0.1, 0.15) is 12.5 Å². The maximum absolute atomic E-state index is 11.7. The predicted molar refractivity (Wildman–Crippen MR) is 77.5 cm³/mol. The fourth-order valence-corrected chi connectivity index (χ4v) is 2.74. The van der Waals surface area contributed by atoms with Crippen molar-refractivity contribution in [3.8, 4) is 0 Å². The van der Waals surface area contributed by atoms with E-state index in [-0.39, 0.29) is 23.5 Å². The average Bonchev–Trinajstić information content (AvgIpc) is 2.81. The molecule has 0 amide bonds. The summed E-state index contributed by atoms with van der Waals surface area (Å²) in [6.07, 6.45) is 0. The molecule has 1 fully saturated rings. The Morgan fingerprint density at radius 3 is 2.86 bits per heavy atom. The highest BCUT2D eigenvalue weighted by Crippen LogP contribution is 2.28. The van der Waals surface area contributed by atoms with Crippen LogP contribution in [0, 0.1) is 22.0 Å². The van der Waals surface area contributed by atoms with Gasteiger partial charge in [0.2, 0.25) is 0 Å². The van der Waals surface area contributed by atoms with Gasteiger partial charge in [-0.05, 0) is 17.5 Å². The molecule has 21 heavy (non-hydrogen) atoms. The van der Waals surface area contributed by atoms with Gasteiger partial charge in [0, 0.05) is 37.5 Å². The third kappa shape index (κ3) is 3.30. The highest BCUT2D eigenvalue weighted by atomic mass is 16.6. The van der Waals surface area contributed by atoms with Crippen molar-refractivity contribution in [2.45, 2.75) is 13.5 Å². The third-order valence-corrected chi connectivity index (χ3v) is 3.92. The van der Waals surface area contributed by atoms with Crippen LogP contribution in [0.3, 0.4) is 0 Å². The number of carbonyl (C=O) groups is 1. The minimum atomic E-state index is -0.438. The molecule has 7 nitrogen and oxygen atoms in total. The van der Waals surface area contributed by atoms with Crippen LogP contribution in [0.2, 0.25) is 0 Å². The Morgan fingerprint density at radius 1 is 1.52 bits per heavy atom. The first kappa shape index (κ1) is 15.2. The summed E-state index contributed by atoms with van der Waals surface area (Å²) >= 11 is 0. The third-order valence-electron chi connectivity index (χ3n) is 3.92. The number of hydrogen-bond acceptors (Lipinski definition) is 6. The lowest BCUT2D eigenvalue weighted by atomic mass is 9.99. The normalized spacial score (nSPS) is 22.2. The number of nitrogens with two attached hydrogens (primary N) is 1. The topological polar surface area (TPSA) is 98.7 Å². The molecule has 2 rings (SSSR count). The van der Waals surface area contributed by atoms with Gasteiger partial charge < -0.3 is 10.5 Å². The van der Waals surface area contributed by atoms with Gasteiger partial charge in [0.25, 0.3) is 5.69 Å². The van der Waals surface area contributed by atoms with Gasteiger partial charge in [-0.1, -0.05) is 6.92 Å². The Morgan fingerprint density at radius 2 is 2.24 bits per heavy atom. The van der Waals surface area contributed by atoms with Crippen molar-refractivity contribution in [2.24, 2.45) is 11.8 Å². The Kier molecular flexibility index (Phi) is 4.42. The Labute approximate surface area is 122 Å². The second kappa shape index (κ2) is 6.09. The first-order valence-electron chi connectivity index (χ1n) is 6.75. The molecule has 0 spiro atoms. The van der Waals surface area contributed by atoms with Crippen molar-refractivity contribution < 1.29 is 14.5 Å². The number of methoxy groups -OCH3 is 1. The molecule has 2 unspecified atom stereocenters. The van der Waals surface area contributed by atoms with Gasteiger partial charge in [0.05, 0.1) is 18.0 Å². The highest BCUT2D eigenvalue weighted by molar-refractivity contribution is 5.73. The number of rotatable bonds is 4. The fraction of sp³-hybridized carbons (Fsp3) is 0.500. The maximum Gasteiger partial charge on any atom is 0.310 e. The summed E-state index contributed by atoms with van der Waals surface area (Å²) in [5.74, 6) is -0.177. The number of non-ortho nitro benzene ring substituents is 1. The largest absolute Gasteiger partial charge is 0.469 e. The number of hydrogen-bond donors (Lipinski definition) is 1. The first-order valence-corrected chi connectivity index (χ1v) is 6.75. The number of nitro groups is 1. The van der Waals surface area contributed by atoms with E-state index < -0.39 is 4.92 Å². The van der Waals surface area contributed by atoms with Gasteiger partial charge in [-0.25, -0.2) is 0 Å². The van der Waals surface area contributed by atoms with E-state index in [0.717, 1.165) is 6.54 Å². The molecule has 1 saturated heterocycles. The van der Waals surface area contributed by atoms with E-state index in [4.69, 9.17) is 10.5 Å². The lowest BCUT2D eigenvalue weighted by Crippen LogP contribution is -2.24. The van der Waals surface area contributed by atoms with Gasteiger partial charge in [-0.2, -0.15) is 0 Å². The zero-order valence-corrected chi connectivity index (χ0v) is 12.1. The molecule has 1 aliphatic rings. The zero-order chi connectivity index (χ0) is 15.6. The van der Waals surface area contributed by atoms with E-state index in [1.807, 2.05) is 6.92 Å². The first-order chi connectivity index (χ1) is 9.92. The number of likely N-dealkylation sites (tertiary alicyclic amines) is 1. The van der Waals surface area contributed by atoms with Gasteiger partial charge in [-0.3, -0.25) is 19.8 Å². The van der Waals surface area contributed by atoms with Gasteiger partial charge in [0.15, 0.2) is 0 Å². The number of ether oxygens (including phenoxy) is 1. The number of nitrogens with zero attached hydrogens (tertiary/aromatic N) is 2. The Hall–Kier alpha value is -2.15. The molecule has 1 aliphatic heterocycles.